The zero-order valence-corrected chi connectivity index (χ0v) is 14.5. The Kier molecular flexibility index (Phi) is 4.44. The van der Waals surface area contributed by atoms with Crippen LogP contribution in [0.1, 0.15) is 35.3 Å². The van der Waals surface area contributed by atoms with Crippen molar-refractivity contribution in [2.45, 2.75) is 38.4 Å². The molecule has 0 saturated carbocycles. The highest BCUT2D eigenvalue weighted by molar-refractivity contribution is 5.94. The minimum absolute atomic E-state index is 0.0868. The number of aryl methyl sites for hydroxylation is 1. The van der Waals surface area contributed by atoms with Gasteiger partial charge >= 0.3 is 0 Å². The number of hydrogen-bond acceptors (Lipinski definition) is 3. The third-order valence-corrected chi connectivity index (χ3v) is 5.21. The monoisotopic (exact) mass is 356 g/mol. The third-order valence-electron chi connectivity index (χ3n) is 5.21. The molecular formula is C19H21FN4O2. The molecule has 26 heavy (non-hydrogen) atoms. The van der Waals surface area contributed by atoms with Gasteiger partial charge in [-0.1, -0.05) is 0 Å². The van der Waals surface area contributed by atoms with Gasteiger partial charge in [0.15, 0.2) is 0 Å². The van der Waals surface area contributed by atoms with Crippen LogP contribution >= 0.6 is 0 Å². The molecule has 0 aliphatic carbocycles. The van der Waals surface area contributed by atoms with Gasteiger partial charge < -0.3 is 9.80 Å². The van der Waals surface area contributed by atoms with Crippen molar-refractivity contribution in [3.63, 3.8) is 0 Å². The topological polar surface area (TPSA) is 58.4 Å². The molecule has 1 aromatic carbocycles. The molecule has 4 rings (SSSR count). The number of carbonyl (C=O) groups excluding carboxylic acids is 2. The lowest BCUT2D eigenvalue weighted by Gasteiger charge is -2.32. The lowest BCUT2D eigenvalue weighted by molar-refractivity contribution is -0.128. The van der Waals surface area contributed by atoms with Crippen LogP contribution in [0.3, 0.4) is 0 Å². The van der Waals surface area contributed by atoms with E-state index < -0.39 is 0 Å². The average molecular weight is 356 g/mol. The molecule has 6 nitrogen and oxygen atoms in total. The Hall–Kier alpha value is -2.70. The number of nitrogens with zero attached hydrogens (tertiary/aromatic N) is 4. The number of aromatic nitrogens is 2. The van der Waals surface area contributed by atoms with Gasteiger partial charge in [-0.25, -0.2) is 4.39 Å². The van der Waals surface area contributed by atoms with Crippen LogP contribution in [-0.2, 0) is 17.9 Å². The lowest BCUT2D eigenvalue weighted by Crippen LogP contribution is -2.46. The first kappa shape index (κ1) is 16.8. The van der Waals surface area contributed by atoms with Crippen molar-refractivity contribution >= 4 is 11.8 Å². The summed E-state index contributed by atoms with van der Waals surface area (Å²) in [5.41, 5.74) is 1.42. The summed E-state index contributed by atoms with van der Waals surface area (Å²) in [6, 6.07) is 7.45. The Morgan fingerprint density at radius 2 is 2.00 bits per heavy atom. The average Bonchev–Trinajstić information content (AvgIpc) is 3.21. The number of amides is 2. The highest BCUT2D eigenvalue weighted by Crippen LogP contribution is 2.22. The second-order valence-corrected chi connectivity index (χ2v) is 6.87. The number of rotatable bonds is 3. The van der Waals surface area contributed by atoms with E-state index in [-0.39, 0.29) is 23.7 Å². The smallest absolute Gasteiger partial charge is 0.254 e. The Morgan fingerprint density at radius 3 is 2.73 bits per heavy atom. The molecule has 1 aromatic heterocycles. The first-order chi connectivity index (χ1) is 12.6. The molecule has 3 heterocycles. The third kappa shape index (κ3) is 3.21. The van der Waals surface area contributed by atoms with Gasteiger partial charge in [0.25, 0.3) is 5.91 Å². The summed E-state index contributed by atoms with van der Waals surface area (Å²) in [4.78, 5) is 28.8. The number of halogens is 1. The van der Waals surface area contributed by atoms with Gasteiger partial charge in [-0.15, -0.1) is 0 Å². The molecule has 2 aliphatic heterocycles. The maximum atomic E-state index is 13.2. The predicted molar refractivity (Wildman–Crippen MR) is 92.7 cm³/mol. The summed E-state index contributed by atoms with van der Waals surface area (Å²) in [7, 11) is 0. The Labute approximate surface area is 151 Å². The molecule has 2 aromatic rings. The maximum absolute atomic E-state index is 13.2. The van der Waals surface area contributed by atoms with Crippen LogP contribution in [0.4, 0.5) is 4.39 Å². The fourth-order valence-electron chi connectivity index (χ4n) is 3.76. The van der Waals surface area contributed by atoms with Crippen molar-refractivity contribution in [3.05, 3.63) is 53.6 Å². The Bertz CT molecular complexity index is 817. The van der Waals surface area contributed by atoms with Crippen molar-refractivity contribution in [2.75, 3.05) is 13.1 Å². The van der Waals surface area contributed by atoms with Crippen LogP contribution in [-0.4, -0.2) is 50.5 Å². The summed E-state index contributed by atoms with van der Waals surface area (Å²) in [5.74, 6) is -0.354. The zero-order chi connectivity index (χ0) is 18.1. The van der Waals surface area contributed by atoms with E-state index in [1.54, 1.807) is 11.1 Å². The molecule has 1 saturated heterocycles. The fourth-order valence-corrected chi connectivity index (χ4v) is 3.76. The fraction of sp³-hybridized carbons (Fsp3) is 0.421. The van der Waals surface area contributed by atoms with Gasteiger partial charge in [-0.3, -0.25) is 14.3 Å². The summed E-state index contributed by atoms with van der Waals surface area (Å²) in [5, 5.41) is 4.32. The minimum atomic E-state index is -0.366. The van der Waals surface area contributed by atoms with Gasteiger partial charge in [0.05, 0.1) is 18.3 Å². The van der Waals surface area contributed by atoms with Crippen molar-refractivity contribution in [3.8, 4) is 0 Å². The standard InChI is InChI=1S/C19H21FN4O2/c20-15-5-3-14(4-6-15)19(26)23-13-17-7-9-21-24(17)11-8-16(23)12-22-10-1-2-18(22)25/h3-7,9,16H,1-2,8,10-13H2/t16-/m0/s1. The Balaban J connectivity index is 1.61. The summed E-state index contributed by atoms with van der Waals surface area (Å²) in [6.45, 7) is 2.43. The molecule has 2 amide bonds. The summed E-state index contributed by atoms with van der Waals surface area (Å²) >= 11 is 0. The molecule has 1 atom stereocenters. The first-order valence-electron chi connectivity index (χ1n) is 8.97. The Morgan fingerprint density at radius 1 is 1.19 bits per heavy atom. The first-order valence-corrected chi connectivity index (χ1v) is 8.97. The molecule has 0 radical (unpaired) electrons. The van der Waals surface area contributed by atoms with Gasteiger partial charge in [0.1, 0.15) is 5.82 Å². The summed E-state index contributed by atoms with van der Waals surface area (Å²) < 4.78 is 15.1. The SMILES string of the molecule is O=C1CCCN1C[C@@H]1CCn2nccc2CN1C(=O)c1ccc(F)cc1. The van der Waals surface area contributed by atoms with E-state index in [0.29, 0.717) is 31.6 Å². The van der Waals surface area contributed by atoms with E-state index in [1.807, 2.05) is 15.6 Å². The van der Waals surface area contributed by atoms with Crippen LogP contribution in [0.2, 0.25) is 0 Å². The van der Waals surface area contributed by atoms with Crippen LogP contribution < -0.4 is 0 Å². The molecule has 7 heteroatoms. The predicted octanol–water partition coefficient (Wildman–Crippen LogP) is 2.06. The second kappa shape index (κ2) is 6.90. The van der Waals surface area contributed by atoms with E-state index >= 15 is 0 Å². The quantitative estimate of drug-likeness (QED) is 0.846. The van der Waals surface area contributed by atoms with E-state index in [0.717, 1.165) is 25.1 Å². The molecule has 0 bridgehead atoms. The van der Waals surface area contributed by atoms with Gasteiger partial charge in [-0.05, 0) is 43.2 Å². The number of carbonyl (C=O) groups is 2. The van der Waals surface area contributed by atoms with Crippen molar-refractivity contribution < 1.29 is 14.0 Å². The maximum Gasteiger partial charge on any atom is 0.254 e. The van der Waals surface area contributed by atoms with Gasteiger partial charge in [0, 0.05) is 37.8 Å². The summed E-state index contributed by atoms with van der Waals surface area (Å²) in [6.07, 6.45) is 3.92. The van der Waals surface area contributed by atoms with Crippen molar-refractivity contribution in [2.24, 2.45) is 0 Å². The minimum Gasteiger partial charge on any atom is -0.341 e. The van der Waals surface area contributed by atoms with E-state index in [2.05, 4.69) is 5.10 Å². The normalized spacial score (nSPS) is 20.2. The number of fused-ring (bicyclic) bond motifs is 1. The molecular weight excluding hydrogens is 335 g/mol. The van der Waals surface area contributed by atoms with E-state index in [9.17, 15) is 14.0 Å². The van der Waals surface area contributed by atoms with Crippen molar-refractivity contribution in [1.29, 1.82) is 0 Å². The van der Waals surface area contributed by atoms with Crippen molar-refractivity contribution in [1.82, 2.24) is 19.6 Å². The molecule has 0 unspecified atom stereocenters. The van der Waals surface area contributed by atoms with Gasteiger partial charge in [0.2, 0.25) is 5.91 Å². The van der Waals surface area contributed by atoms with Crippen LogP contribution in [0.25, 0.3) is 0 Å². The molecule has 0 spiro atoms. The van der Waals surface area contributed by atoms with Crippen LogP contribution in [0, 0.1) is 5.82 Å². The number of hydrogen-bond donors (Lipinski definition) is 0. The zero-order valence-electron chi connectivity index (χ0n) is 14.5. The van der Waals surface area contributed by atoms with Crippen LogP contribution in [0.15, 0.2) is 36.5 Å². The lowest BCUT2D eigenvalue weighted by atomic mass is 10.1. The largest absolute Gasteiger partial charge is 0.341 e. The highest BCUT2D eigenvalue weighted by Gasteiger charge is 2.32. The number of likely N-dealkylation sites (tertiary alicyclic amines) is 1. The second-order valence-electron chi connectivity index (χ2n) is 6.87. The molecule has 2 aliphatic rings. The van der Waals surface area contributed by atoms with E-state index in [1.165, 1.54) is 24.3 Å². The van der Waals surface area contributed by atoms with E-state index in [4.69, 9.17) is 0 Å². The molecule has 0 N–H and O–H groups in total. The highest BCUT2D eigenvalue weighted by atomic mass is 19.1. The number of benzene rings is 1. The van der Waals surface area contributed by atoms with Gasteiger partial charge in [-0.2, -0.15) is 5.10 Å². The van der Waals surface area contributed by atoms with Crippen LogP contribution in [0.5, 0.6) is 0 Å². The molecule has 1 fully saturated rings. The molecule has 136 valence electrons.